The average molecular weight is 305 g/mol. The summed E-state index contributed by atoms with van der Waals surface area (Å²) in [6.45, 7) is 1.71. The van der Waals surface area contributed by atoms with Crippen LogP contribution in [0.5, 0.6) is 0 Å². The summed E-state index contributed by atoms with van der Waals surface area (Å²) >= 11 is 0. The number of pyridine rings is 1. The lowest BCUT2D eigenvalue weighted by Gasteiger charge is -2.33. The van der Waals surface area contributed by atoms with Gasteiger partial charge in [-0.3, -0.25) is 4.79 Å². The molecule has 0 aromatic carbocycles. The highest BCUT2D eigenvalue weighted by Gasteiger charge is 2.22. The van der Waals surface area contributed by atoms with Crippen LogP contribution < -0.4 is 4.90 Å². The lowest BCUT2D eigenvalue weighted by Crippen LogP contribution is -2.36. The minimum Gasteiger partial charge on any atom is -0.477 e. The normalized spacial score (nSPS) is 18.1. The minimum absolute atomic E-state index is 0.0717. The fraction of sp³-hybridized carbons (Fsp3) is 0.562. The van der Waals surface area contributed by atoms with E-state index in [0.29, 0.717) is 18.2 Å². The number of amides is 1. The Kier molecular flexibility index (Phi) is 5.35. The first-order chi connectivity index (χ1) is 10.5. The maximum absolute atomic E-state index is 11.7. The Morgan fingerprint density at radius 3 is 2.86 bits per heavy atom. The molecule has 1 aliphatic rings. The van der Waals surface area contributed by atoms with Crippen molar-refractivity contribution in [1.82, 2.24) is 9.88 Å². The molecule has 1 atom stereocenters. The van der Waals surface area contributed by atoms with Crippen LogP contribution in [0, 0.1) is 5.92 Å². The van der Waals surface area contributed by atoms with Crippen molar-refractivity contribution < 1.29 is 14.7 Å². The van der Waals surface area contributed by atoms with Gasteiger partial charge >= 0.3 is 5.97 Å². The monoisotopic (exact) mass is 305 g/mol. The summed E-state index contributed by atoms with van der Waals surface area (Å²) in [4.78, 5) is 30.7. The van der Waals surface area contributed by atoms with Crippen molar-refractivity contribution >= 4 is 17.7 Å². The molecular formula is C16H23N3O3. The molecule has 0 spiro atoms. The molecule has 0 unspecified atom stereocenters. The average Bonchev–Trinajstić information content (AvgIpc) is 2.52. The lowest BCUT2D eigenvalue weighted by molar-refractivity contribution is -0.129. The van der Waals surface area contributed by atoms with Gasteiger partial charge in [0.05, 0.1) is 0 Å². The van der Waals surface area contributed by atoms with Gasteiger partial charge in [-0.2, -0.15) is 0 Å². The third-order valence-corrected chi connectivity index (χ3v) is 4.06. The minimum atomic E-state index is -1.01. The standard InChI is InChI=1S/C16H23N3O3/c1-18(2)15(20)9-8-12-5-4-10-19(11-12)14-7-3-6-13(17-14)16(21)22/h3,6-7,12H,4-5,8-11H2,1-2H3,(H,21,22)/t12-/m0/s1. The van der Waals surface area contributed by atoms with Gasteiger partial charge in [0, 0.05) is 33.6 Å². The van der Waals surface area contributed by atoms with Crippen molar-refractivity contribution in [2.24, 2.45) is 5.92 Å². The van der Waals surface area contributed by atoms with E-state index in [0.717, 1.165) is 32.4 Å². The van der Waals surface area contributed by atoms with Gasteiger partial charge in [-0.15, -0.1) is 0 Å². The molecule has 0 radical (unpaired) electrons. The first-order valence-electron chi connectivity index (χ1n) is 7.63. The van der Waals surface area contributed by atoms with E-state index in [1.165, 1.54) is 6.07 Å². The summed E-state index contributed by atoms with van der Waals surface area (Å²) in [5.41, 5.74) is 0.0717. The number of carbonyl (C=O) groups excluding carboxylic acids is 1. The first kappa shape index (κ1) is 16.3. The molecule has 1 fully saturated rings. The molecule has 1 saturated heterocycles. The number of nitrogens with zero attached hydrogens (tertiary/aromatic N) is 3. The number of hydrogen-bond acceptors (Lipinski definition) is 4. The summed E-state index contributed by atoms with van der Waals surface area (Å²) in [6, 6.07) is 5.08. The second-order valence-electron chi connectivity index (χ2n) is 5.97. The van der Waals surface area contributed by atoms with E-state index in [4.69, 9.17) is 5.11 Å². The molecule has 6 heteroatoms. The van der Waals surface area contributed by atoms with E-state index >= 15 is 0 Å². The van der Waals surface area contributed by atoms with Crippen LogP contribution in [0.2, 0.25) is 0 Å². The van der Waals surface area contributed by atoms with Crippen LogP contribution in [0.1, 0.15) is 36.2 Å². The molecule has 22 heavy (non-hydrogen) atoms. The van der Waals surface area contributed by atoms with Crippen molar-refractivity contribution in [2.45, 2.75) is 25.7 Å². The number of carboxylic acid groups (broad SMARTS) is 1. The predicted molar refractivity (Wildman–Crippen MR) is 84.1 cm³/mol. The van der Waals surface area contributed by atoms with Gasteiger partial charge < -0.3 is 14.9 Å². The Bertz CT molecular complexity index is 545. The molecule has 2 heterocycles. The molecule has 0 bridgehead atoms. The molecule has 2 rings (SSSR count). The first-order valence-corrected chi connectivity index (χ1v) is 7.63. The number of aromatic carboxylic acids is 1. The summed E-state index contributed by atoms with van der Waals surface area (Å²) in [5, 5.41) is 9.03. The van der Waals surface area contributed by atoms with Crippen LogP contribution in [-0.4, -0.2) is 54.1 Å². The molecule has 0 saturated carbocycles. The van der Waals surface area contributed by atoms with Crippen LogP contribution in [0.3, 0.4) is 0 Å². The third kappa shape index (κ3) is 4.19. The largest absolute Gasteiger partial charge is 0.477 e. The van der Waals surface area contributed by atoms with Crippen molar-refractivity contribution in [3.63, 3.8) is 0 Å². The van der Waals surface area contributed by atoms with Crippen molar-refractivity contribution in [3.05, 3.63) is 23.9 Å². The van der Waals surface area contributed by atoms with Gasteiger partial charge in [0.25, 0.3) is 0 Å². The SMILES string of the molecule is CN(C)C(=O)CC[C@@H]1CCCN(c2cccc(C(=O)O)n2)C1. The maximum atomic E-state index is 11.7. The third-order valence-electron chi connectivity index (χ3n) is 4.06. The molecule has 1 aliphatic heterocycles. The maximum Gasteiger partial charge on any atom is 0.354 e. The number of carbonyl (C=O) groups is 2. The smallest absolute Gasteiger partial charge is 0.354 e. The molecule has 1 aromatic heterocycles. The molecule has 1 aromatic rings. The molecule has 1 amide bonds. The number of hydrogen-bond donors (Lipinski definition) is 1. The lowest BCUT2D eigenvalue weighted by atomic mass is 9.93. The van der Waals surface area contributed by atoms with Crippen molar-refractivity contribution in [2.75, 3.05) is 32.1 Å². The second kappa shape index (κ2) is 7.24. The summed E-state index contributed by atoms with van der Waals surface area (Å²) in [5.74, 6) is 0.312. The van der Waals surface area contributed by atoms with Crippen LogP contribution in [0.25, 0.3) is 0 Å². The quantitative estimate of drug-likeness (QED) is 0.899. The van der Waals surface area contributed by atoms with E-state index in [-0.39, 0.29) is 11.6 Å². The fourth-order valence-corrected chi connectivity index (χ4v) is 2.78. The number of piperidine rings is 1. The van der Waals surface area contributed by atoms with E-state index in [1.807, 2.05) is 6.07 Å². The zero-order valence-corrected chi connectivity index (χ0v) is 13.2. The van der Waals surface area contributed by atoms with Gasteiger partial charge in [0.15, 0.2) is 5.69 Å². The van der Waals surface area contributed by atoms with E-state index < -0.39 is 5.97 Å². The number of rotatable bonds is 5. The summed E-state index contributed by atoms with van der Waals surface area (Å²) < 4.78 is 0. The molecule has 120 valence electrons. The summed E-state index contributed by atoms with van der Waals surface area (Å²) in [7, 11) is 3.55. The van der Waals surface area contributed by atoms with Gasteiger partial charge in [0.1, 0.15) is 5.82 Å². The van der Waals surface area contributed by atoms with E-state index in [9.17, 15) is 9.59 Å². The highest BCUT2D eigenvalue weighted by Crippen LogP contribution is 2.25. The van der Waals surface area contributed by atoms with Gasteiger partial charge in [0.2, 0.25) is 5.91 Å². The van der Waals surface area contributed by atoms with E-state index in [1.54, 1.807) is 25.1 Å². The van der Waals surface area contributed by atoms with Gasteiger partial charge in [-0.1, -0.05) is 6.07 Å². The molecular weight excluding hydrogens is 282 g/mol. The van der Waals surface area contributed by atoms with Crippen molar-refractivity contribution in [1.29, 1.82) is 0 Å². The number of anilines is 1. The second-order valence-corrected chi connectivity index (χ2v) is 5.97. The summed E-state index contributed by atoms with van der Waals surface area (Å²) in [6.07, 6.45) is 3.58. The zero-order chi connectivity index (χ0) is 16.1. The Balaban J connectivity index is 1.97. The Morgan fingerprint density at radius 2 is 2.18 bits per heavy atom. The van der Waals surface area contributed by atoms with Crippen LogP contribution in [-0.2, 0) is 4.79 Å². The van der Waals surface area contributed by atoms with Crippen LogP contribution in [0.4, 0.5) is 5.82 Å². The van der Waals surface area contributed by atoms with E-state index in [2.05, 4.69) is 9.88 Å². The number of aromatic nitrogens is 1. The topological polar surface area (TPSA) is 73.7 Å². The zero-order valence-electron chi connectivity index (χ0n) is 13.2. The van der Waals surface area contributed by atoms with Crippen LogP contribution in [0.15, 0.2) is 18.2 Å². The van der Waals surface area contributed by atoms with Gasteiger partial charge in [-0.05, 0) is 37.3 Å². The molecule has 6 nitrogen and oxygen atoms in total. The predicted octanol–water partition coefficient (Wildman–Crippen LogP) is 1.86. The highest BCUT2D eigenvalue weighted by atomic mass is 16.4. The molecule has 1 N–H and O–H groups in total. The van der Waals surface area contributed by atoms with Crippen LogP contribution >= 0.6 is 0 Å². The Morgan fingerprint density at radius 1 is 1.41 bits per heavy atom. The van der Waals surface area contributed by atoms with Crippen molar-refractivity contribution in [3.8, 4) is 0 Å². The highest BCUT2D eigenvalue weighted by molar-refractivity contribution is 5.85. The molecule has 0 aliphatic carbocycles. The Labute approximate surface area is 130 Å². The number of carboxylic acids is 1. The fourth-order valence-electron chi connectivity index (χ4n) is 2.78. The van der Waals surface area contributed by atoms with Gasteiger partial charge in [-0.25, -0.2) is 9.78 Å². The Hall–Kier alpha value is -2.11.